The smallest absolute Gasteiger partial charge is 0.0103 e. The molecular weight excluding hydrogens is 176 g/mol. The Morgan fingerprint density at radius 2 is 1.85 bits per heavy atom. The summed E-state index contributed by atoms with van der Waals surface area (Å²) in [6.07, 6.45) is 8.65. The van der Waals surface area contributed by atoms with E-state index in [9.17, 15) is 0 Å². The molecule has 1 rings (SSSR count). The zero-order valence-electron chi connectivity index (χ0n) is 9.44. The fraction of sp³-hybridized carbons (Fsp3) is 1.00. The minimum absolute atomic E-state index is 0.525. The summed E-state index contributed by atoms with van der Waals surface area (Å²) >= 11 is 2.20. The summed E-state index contributed by atoms with van der Waals surface area (Å²) in [6.45, 7) is 7.09. The van der Waals surface area contributed by atoms with Crippen molar-refractivity contribution in [2.24, 2.45) is 5.92 Å². The molecule has 1 aliphatic carbocycles. The van der Waals surface area contributed by atoms with Gasteiger partial charge >= 0.3 is 0 Å². The van der Waals surface area contributed by atoms with Crippen LogP contribution in [0.2, 0.25) is 0 Å². The van der Waals surface area contributed by atoms with E-state index in [1.165, 1.54) is 44.3 Å². The van der Waals surface area contributed by atoms with E-state index in [1.54, 1.807) is 0 Å². The molecule has 0 unspecified atom stereocenters. The van der Waals surface area contributed by atoms with E-state index in [1.807, 2.05) is 0 Å². The lowest BCUT2D eigenvalue weighted by Crippen LogP contribution is -2.16. The Balaban J connectivity index is 2.15. The maximum Gasteiger partial charge on any atom is 0.0103 e. The highest BCUT2D eigenvalue weighted by atomic mass is 32.2. The lowest BCUT2D eigenvalue weighted by atomic mass is 10.1. The molecule has 1 aliphatic rings. The first-order chi connectivity index (χ1) is 6.14. The first kappa shape index (κ1) is 11.4. The third kappa shape index (κ3) is 4.39. The zero-order chi connectivity index (χ0) is 9.73. The van der Waals surface area contributed by atoms with Crippen LogP contribution in [-0.2, 0) is 0 Å². The summed E-state index contributed by atoms with van der Waals surface area (Å²) in [6, 6.07) is 0. The highest BCUT2D eigenvalue weighted by molar-refractivity contribution is 8.00. The second kappa shape index (κ2) is 5.29. The van der Waals surface area contributed by atoms with E-state index in [-0.39, 0.29) is 0 Å². The molecule has 0 aliphatic heterocycles. The number of hydrogen-bond donors (Lipinski definition) is 0. The molecule has 0 amide bonds. The predicted octanol–water partition coefficient (Wildman–Crippen LogP) is 4.49. The van der Waals surface area contributed by atoms with E-state index < -0.39 is 0 Å². The summed E-state index contributed by atoms with van der Waals surface area (Å²) in [5, 5.41) is 0. The van der Waals surface area contributed by atoms with Crippen LogP contribution in [0.3, 0.4) is 0 Å². The monoisotopic (exact) mass is 200 g/mol. The maximum absolute atomic E-state index is 2.40. The Labute approximate surface area is 87.9 Å². The Morgan fingerprint density at radius 3 is 2.38 bits per heavy atom. The Kier molecular flexibility index (Phi) is 4.64. The van der Waals surface area contributed by atoms with Crippen LogP contribution >= 0.6 is 11.8 Å². The molecule has 0 saturated heterocycles. The summed E-state index contributed by atoms with van der Waals surface area (Å²) in [4.78, 5) is 0. The van der Waals surface area contributed by atoms with Gasteiger partial charge in [-0.25, -0.2) is 0 Å². The van der Waals surface area contributed by atoms with Gasteiger partial charge in [-0.3, -0.25) is 0 Å². The van der Waals surface area contributed by atoms with Gasteiger partial charge in [-0.1, -0.05) is 40.0 Å². The quantitative estimate of drug-likeness (QED) is 0.630. The zero-order valence-corrected chi connectivity index (χ0v) is 10.3. The third-order valence-corrected chi connectivity index (χ3v) is 4.66. The van der Waals surface area contributed by atoms with Crippen LogP contribution in [0.25, 0.3) is 0 Å². The molecule has 0 radical (unpaired) electrons. The Morgan fingerprint density at radius 1 is 1.23 bits per heavy atom. The van der Waals surface area contributed by atoms with Crippen LogP contribution in [0.5, 0.6) is 0 Å². The fourth-order valence-electron chi connectivity index (χ4n) is 2.19. The topological polar surface area (TPSA) is 0 Å². The van der Waals surface area contributed by atoms with Crippen molar-refractivity contribution in [3.8, 4) is 0 Å². The highest BCUT2D eigenvalue weighted by Crippen LogP contribution is 2.35. The van der Waals surface area contributed by atoms with Crippen LogP contribution in [0, 0.1) is 5.92 Å². The summed E-state index contributed by atoms with van der Waals surface area (Å²) in [7, 11) is 0. The van der Waals surface area contributed by atoms with E-state index in [0.29, 0.717) is 4.75 Å². The molecule has 0 N–H and O–H groups in total. The molecule has 0 bridgehead atoms. The molecule has 0 aromatic carbocycles. The van der Waals surface area contributed by atoms with Gasteiger partial charge in [-0.15, -0.1) is 0 Å². The fourth-order valence-corrected chi connectivity index (χ4v) is 3.56. The van der Waals surface area contributed by atoms with Crippen molar-refractivity contribution in [3.63, 3.8) is 0 Å². The van der Waals surface area contributed by atoms with E-state index in [2.05, 4.69) is 32.5 Å². The van der Waals surface area contributed by atoms with Crippen molar-refractivity contribution >= 4 is 11.8 Å². The van der Waals surface area contributed by atoms with Gasteiger partial charge in [0, 0.05) is 4.75 Å². The summed E-state index contributed by atoms with van der Waals surface area (Å²) in [5.41, 5.74) is 0. The molecule has 0 heterocycles. The number of rotatable bonds is 5. The number of thioether (sulfide) groups is 1. The van der Waals surface area contributed by atoms with E-state index in [4.69, 9.17) is 0 Å². The minimum Gasteiger partial charge on any atom is -0.155 e. The van der Waals surface area contributed by atoms with Gasteiger partial charge in [-0.05, 0) is 30.9 Å². The molecule has 0 atom stereocenters. The van der Waals surface area contributed by atoms with Crippen molar-refractivity contribution in [2.75, 3.05) is 5.75 Å². The minimum atomic E-state index is 0.525. The van der Waals surface area contributed by atoms with Crippen molar-refractivity contribution < 1.29 is 0 Å². The van der Waals surface area contributed by atoms with Gasteiger partial charge in [0.05, 0.1) is 0 Å². The first-order valence-corrected chi connectivity index (χ1v) is 6.76. The lowest BCUT2D eigenvalue weighted by Gasteiger charge is -2.25. The molecule has 1 saturated carbocycles. The normalized spacial score (nSPS) is 19.6. The molecular formula is C12H24S. The standard InChI is InChI=1S/C12H24S/c1-4-9-12(2,3)13-10-11-7-5-6-8-11/h11H,4-10H2,1-3H3. The van der Waals surface area contributed by atoms with Crippen LogP contribution in [0.1, 0.15) is 59.3 Å². The molecule has 0 aromatic rings. The summed E-state index contributed by atoms with van der Waals surface area (Å²) < 4.78 is 0.525. The van der Waals surface area contributed by atoms with Gasteiger partial charge in [0.2, 0.25) is 0 Å². The maximum atomic E-state index is 2.40. The molecule has 0 aromatic heterocycles. The van der Waals surface area contributed by atoms with Crippen molar-refractivity contribution in [1.29, 1.82) is 0 Å². The predicted molar refractivity (Wildman–Crippen MR) is 63.4 cm³/mol. The molecule has 1 fully saturated rings. The van der Waals surface area contributed by atoms with E-state index in [0.717, 1.165) is 5.92 Å². The van der Waals surface area contributed by atoms with Crippen LogP contribution in [-0.4, -0.2) is 10.5 Å². The van der Waals surface area contributed by atoms with Gasteiger partial charge in [0.1, 0.15) is 0 Å². The van der Waals surface area contributed by atoms with E-state index >= 15 is 0 Å². The highest BCUT2D eigenvalue weighted by Gasteiger charge is 2.21. The van der Waals surface area contributed by atoms with Gasteiger partial charge < -0.3 is 0 Å². The average molecular weight is 200 g/mol. The Hall–Kier alpha value is 0.350. The molecule has 0 spiro atoms. The molecule has 1 heteroatoms. The van der Waals surface area contributed by atoms with Gasteiger partial charge in [-0.2, -0.15) is 11.8 Å². The average Bonchev–Trinajstić information content (AvgIpc) is 2.52. The van der Waals surface area contributed by atoms with Gasteiger partial charge in [0.15, 0.2) is 0 Å². The molecule has 78 valence electrons. The van der Waals surface area contributed by atoms with Gasteiger partial charge in [0.25, 0.3) is 0 Å². The van der Waals surface area contributed by atoms with Crippen molar-refractivity contribution in [2.45, 2.75) is 64.0 Å². The Bertz CT molecular complexity index is 134. The molecule has 13 heavy (non-hydrogen) atoms. The largest absolute Gasteiger partial charge is 0.155 e. The third-order valence-electron chi connectivity index (χ3n) is 3.04. The summed E-state index contributed by atoms with van der Waals surface area (Å²) in [5.74, 6) is 2.45. The second-order valence-electron chi connectivity index (χ2n) is 4.97. The first-order valence-electron chi connectivity index (χ1n) is 5.78. The van der Waals surface area contributed by atoms with Crippen LogP contribution < -0.4 is 0 Å². The SMILES string of the molecule is CCCC(C)(C)SCC1CCCC1. The second-order valence-corrected chi connectivity index (χ2v) is 6.70. The van der Waals surface area contributed by atoms with Crippen molar-refractivity contribution in [1.82, 2.24) is 0 Å². The van der Waals surface area contributed by atoms with Crippen LogP contribution in [0.4, 0.5) is 0 Å². The molecule has 0 nitrogen and oxygen atoms in total. The number of hydrogen-bond acceptors (Lipinski definition) is 1. The lowest BCUT2D eigenvalue weighted by molar-refractivity contribution is 0.598. The van der Waals surface area contributed by atoms with Crippen LogP contribution in [0.15, 0.2) is 0 Å². The van der Waals surface area contributed by atoms with Crippen molar-refractivity contribution in [3.05, 3.63) is 0 Å².